The first kappa shape index (κ1) is 15.1. The molecule has 19 heavy (non-hydrogen) atoms. The number of aliphatic hydroxyl groups is 1. The van der Waals surface area contributed by atoms with E-state index in [1.54, 1.807) is 13.0 Å². The van der Waals surface area contributed by atoms with Gasteiger partial charge in [-0.1, -0.05) is 6.07 Å². The summed E-state index contributed by atoms with van der Waals surface area (Å²) in [6.07, 6.45) is 0. The highest BCUT2D eigenvalue weighted by molar-refractivity contribution is 5.98. The van der Waals surface area contributed by atoms with E-state index in [0.29, 0.717) is 0 Å². The molecule has 0 atom stereocenters. The Kier molecular flexibility index (Phi) is 5.91. The summed E-state index contributed by atoms with van der Waals surface area (Å²) in [5.74, 6) is -0.511. The van der Waals surface area contributed by atoms with Crippen molar-refractivity contribution in [3.8, 4) is 0 Å². The van der Waals surface area contributed by atoms with Crippen LogP contribution in [-0.2, 0) is 4.74 Å². The number of hydrogen-bond donors (Lipinski definition) is 2. The molecule has 7 heteroatoms. The smallest absolute Gasteiger partial charge is 0.282 e. The van der Waals surface area contributed by atoms with Gasteiger partial charge >= 0.3 is 0 Å². The van der Waals surface area contributed by atoms with Crippen LogP contribution in [0.4, 0.5) is 5.69 Å². The van der Waals surface area contributed by atoms with Gasteiger partial charge in [-0.2, -0.15) is 0 Å². The van der Waals surface area contributed by atoms with Crippen LogP contribution in [0.15, 0.2) is 18.2 Å². The number of amides is 1. The van der Waals surface area contributed by atoms with Gasteiger partial charge in [0.15, 0.2) is 0 Å². The molecule has 2 N–H and O–H groups in total. The molecule has 0 radical (unpaired) electrons. The summed E-state index contributed by atoms with van der Waals surface area (Å²) in [6.45, 7) is 2.33. The maximum Gasteiger partial charge on any atom is 0.282 e. The van der Waals surface area contributed by atoms with Crippen LogP contribution in [0.1, 0.15) is 15.9 Å². The number of rotatable bonds is 7. The number of ether oxygens (including phenoxy) is 1. The Morgan fingerprint density at radius 3 is 2.84 bits per heavy atom. The van der Waals surface area contributed by atoms with Crippen molar-refractivity contribution in [2.75, 3.05) is 26.4 Å². The molecule has 104 valence electrons. The quantitative estimate of drug-likeness (QED) is 0.429. The summed E-state index contributed by atoms with van der Waals surface area (Å²) >= 11 is 0. The van der Waals surface area contributed by atoms with Gasteiger partial charge in [0.2, 0.25) is 0 Å². The second-order valence-corrected chi connectivity index (χ2v) is 3.87. The number of carbonyl (C=O) groups excluding carboxylic acids is 1. The van der Waals surface area contributed by atoms with Gasteiger partial charge in [0.1, 0.15) is 5.56 Å². The summed E-state index contributed by atoms with van der Waals surface area (Å²) < 4.78 is 4.97. The van der Waals surface area contributed by atoms with Crippen molar-refractivity contribution in [3.05, 3.63) is 39.4 Å². The van der Waals surface area contributed by atoms with Crippen LogP contribution in [0, 0.1) is 17.0 Å². The molecule has 0 fully saturated rings. The third kappa shape index (κ3) is 4.65. The minimum absolute atomic E-state index is 0.0344. The molecule has 1 aromatic carbocycles. The molecule has 0 bridgehead atoms. The normalized spacial score (nSPS) is 10.2. The largest absolute Gasteiger partial charge is 0.394 e. The van der Waals surface area contributed by atoms with Gasteiger partial charge in [-0.3, -0.25) is 14.9 Å². The Morgan fingerprint density at radius 2 is 2.21 bits per heavy atom. The summed E-state index contributed by atoms with van der Waals surface area (Å²) in [5.41, 5.74) is 0.582. The van der Waals surface area contributed by atoms with Gasteiger partial charge in [0, 0.05) is 12.6 Å². The third-order valence-electron chi connectivity index (χ3n) is 2.36. The number of nitro benzene ring substituents is 1. The van der Waals surface area contributed by atoms with E-state index in [2.05, 4.69) is 5.32 Å². The van der Waals surface area contributed by atoms with Gasteiger partial charge in [-0.15, -0.1) is 0 Å². The van der Waals surface area contributed by atoms with Crippen molar-refractivity contribution in [2.45, 2.75) is 6.92 Å². The van der Waals surface area contributed by atoms with Crippen molar-refractivity contribution < 1.29 is 19.6 Å². The third-order valence-corrected chi connectivity index (χ3v) is 2.36. The number of carbonyl (C=O) groups is 1. The number of nitrogens with zero attached hydrogens (tertiary/aromatic N) is 1. The van der Waals surface area contributed by atoms with E-state index in [-0.39, 0.29) is 37.6 Å². The lowest BCUT2D eigenvalue weighted by atomic mass is 10.1. The van der Waals surface area contributed by atoms with Crippen molar-refractivity contribution in [1.29, 1.82) is 0 Å². The fraction of sp³-hybridized carbons (Fsp3) is 0.417. The Hall–Kier alpha value is -1.99. The second-order valence-electron chi connectivity index (χ2n) is 3.87. The van der Waals surface area contributed by atoms with E-state index in [4.69, 9.17) is 9.84 Å². The van der Waals surface area contributed by atoms with Crippen LogP contribution in [0.25, 0.3) is 0 Å². The van der Waals surface area contributed by atoms with Crippen LogP contribution in [0.5, 0.6) is 0 Å². The molecule has 1 aromatic rings. The molecule has 0 aliphatic rings. The molecule has 0 aliphatic heterocycles. The first-order valence-electron chi connectivity index (χ1n) is 5.78. The summed E-state index contributed by atoms with van der Waals surface area (Å²) in [4.78, 5) is 22.1. The topological polar surface area (TPSA) is 102 Å². The second kappa shape index (κ2) is 7.45. The van der Waals surface area contributed by atoms with Crippen LogP contribution < -0.4 is 5.32 Å². The van der Waals surface area contributed by atoms with E-state index in [0.717, 1.165) is 5.56 Å². The zero-order valence-electron chi connectivity index (χ0n) is 10.6. The lowest BCUT2D eigenvalue weighted by Crippen LogP contribution is -2.28. The van der Waals surface area contributed by atoms with E-state index in [1.807, 2.05) is 0 Å². The van der Waals surface area contributed by atoms with Gasteiger partial charge in [0.25, 0.3) is 11.6 Å². The van der Waals surface area contributed by atoms with Crippen LogP contribution in [0.3, 0.4) is 0 Å². The fourth-order valence-electron chi connectivity index (χ4n) is 1.49. The SMILES string of the molecule is Cc1ccc([N+](=O)[O-])c(C(=O)NCCOCCO)c1. The zero-order valence-corrected chi connectivity index (χ0v) is 10.6. The van der Waals surface area contributed by atoms with Crippen LogP contribution >= 0.6 is 0 Å². The lowest BCUT2D eigenvalue weighted by molar-refractivity contribution is -0.385. The number of aryl methyl sites for hydroxylation is 1. The Morgan fingerprint density at radius 1 is 1.47 bits per heavy atom. The molecule has 0 saturated heterocycles. The van der Waals surface area contributed by atoms with E-state index >= 15 is 0 Å². The lowest BCUT2D eigenvalue weighted by Gasteiger charge is -2.07. The highest BCUT2D eigenvalue weighted by Crippen LogP contribution is 2.19. The molecular weight excluding hydrogens is 252 g/mol. The molecule has 0 aliphatic carbocycles. The molecule has 0 saturated carbocycles. The predicted octanol–water partition coefficient (Wildman–Crippen LogP) is 0.642. The number of benzene rings is 1. The zero-order chi connectivity index (χ0) is 14.3. The summed E-state index contributed by atoms with van der Waals surface area (Å²) in [6, 6.07) is 4.37. The molecular formula is C12H16N2O5. The Labute approximate surface area is 110 Å². The van der Waals surface area contributed by atoms with Crippen molar-refractivity contribution in [2.24, 2.45) is 0 Å². The highest BCUT2D eigenvalue weighted by atomic mass is 16.6. The number of nitrogens with one attached hydrogen (secondary N) is 1. The van der Waals surface area contributed by atoms with Gasteiger partial charge in [-0.25, -0.2) is 0 Å². The minimum Gasteiger partial charge on any atom is -0.394 e. The average molecular weight is 268 g/mol. The van der Waals surface area contributed by atoms with E-state index < -0.39 is 10.8 Å². The minimum atomic E-state index is -0.587. The molecule has 7 nitrogen and oxygen atoms in total. The maximum absolute atomic E-state index is 11.8. The van der Waals surface area contributed by atoms with Crippen molar-refractivity contribution in [1.82, 2.24) is 5.32 Å². The predicted molar refractivity (Wildman–Crippen MR) is 68.1 cm³/mol. The Balaban J connectivity index is 2.65. The summed E-state index contributed by atoms with van der Waals surface area (Å²) in [5, 5.41) is 21.8. The molecule has 1 rings (SSSR count). The molecule has 0 heterocycles. The van der Waals surface area contributed by atoms with Gasteiger partial charge in [0.05, 0.1) is 24.7 Å². The molecule has 0 unspecified atom stereocenters. The standard InChI is InChI=1S/C12H16N2O5/c1-9-2-3-11(14(17)18)10(8-9)12(16)13-4-6-19-7-5-15/h2-3,8,15H,4-7H2,1H3,(H,13,16). The van der Waals surface area contributed by atoms with Gasteiger partial charge in [-0.05, 0) is 18.6 Å². The summed E-state index contributed by atoms with van der Waals surface area (Å²) in [7, 11) is 0. The molecule has 1 amide bonds. The van der Waals surface area contributed by atoms with Crippen LogP contribution in [0.2, 0.25) is 0 Å². The van der Waals surface area contributed by atoms with Crippen molar-refractivity contribution >= 4 is 11.6 Å². The molecule has 0 aromatic heterocycles. The first-order chi connectivity index (χ1) is 9.06. The molecule has 0 spiro atoms. The number of hydrogen-bond acceptors (Lipinski definition) is 5. The maximum atomic E-state index is 11.8. The van der Waals surface area contributed by atoms with E-state index in [9.17, 15) is 14.9 Å². The van der Waals surface area contributed by atoms with Crippen LogP contribution in [-0.4, -0.2) is 42.3 Å². The first-order valence-corrected chi connectivity index (χ1v) is 5.78. The number of nitro groups is 1. The monoisotopic (exact) mass is 268 g/mol. The van der Waals surface area contributed by atoms with Crippen molar-refractivity contribution in [3.63, 3.8) is 0 Å². The Bertz CT molecular complexity index is 461. The fourth-order valence-corrected chi connectivity index (χ4v) is 1.49. The van der Waals surface area contributed by atoms with Gasteiger partial charge < -0.3 is 15.2 Å². The van der Waals surface area contributed by atoms with E-state index in [1.165, 1.54) is 12.1 Å². The average Bonchev–Trinajstić information content (AvgIpc) is 2.37. The number of aliphatic hydroxyl groups excluding tert-OH is 1. The highest BCUT2D eigenvalue weighted by Gasteiger charge is 2.19.